The van der Waals surface area contributed by atoms with Gasteiger partial charge in [0.05, 0.1) is 0 Å². The lowest BCUT2D eigenvalue weighted by atomic mass is 10.1. The zero-order chi connectivity index (χ0) is 14.0. The van der Waals surface area contributed by atoms with Crippen LogP contribution in [0.25, 0.3) is 0 Å². The predicted octanol–water partition coefficient (Wildman–Crippen LogP) is 5.08. The highest BCUT2D eigenvalue weighted by molar-refractivity contribution is 9.10. The first kappa shape index (κ1) is 14.3. The van der Waals surface area contributed by atoms with Crippen molar-refractivity contribution in [3.8, 4) is 0 Å². The van der Waals surface area contributed by atoms with Crippen LogP contribution >= 0.6 is 31.9 Å². The molecule has 2 nitrogen and oxygen atoms in total. The molecule has 0 bridgehead atoms. The molecule has 0 aliphatic rings. The first-order chi connectivity index (χ1) is 9.00. The van der Waals surface area contributed by atoms with Crippen LogP contribution in [0.4, 0.5) is 5.69 Å². The highest BCUT2D eigenvalue weighted by atomic mass is 79.9. The molecule has 0 atom stereocenters. The molecule has 0 fully saturated rings. The Bertz CT molecular complexity index is 638. The van der Waals surface area contributed by atoms with Crippen LogP contribution in [0.1, 0.15) is 21.5 Å². The van der Waals surface area contributed by atoms with Crippen LogP contribution in [-0.2, 0) is 0 Å². The van der Waals surface area contributed by atoms with Crippen LogP contribution in [0.5, 0.6) is 0 Å². The molecule has 0 saturated carbocycles. The average Bonchev–Trinajstić information content (AvgIpc) is 2.38. The van der Waals surface area contributed by atoms with E-state index in [0.29, 0.717) is 5.56 Å². The van der Waals surface area contributed by atoms with Gasteiger partial charge < -0.3 is 5.32 Å². The molecule has 2 aromatic rings. The summed E-state index contributed by atoms with van der Waals surface area (Å²) in [5.74, 6) is -0.0972. The summed E-state index contributed by atoms with van der Waals surface area (Å²) in [5.41, 5.74) is 3.45. The van der Waals surface area contributed by atoms with E-state index in [4.69, 9.17) is 0 Å². The number of anilines is 1. The van der Waals surface area contributed by atoms with Crippen LogP contribution in [0.3, 0.4) is 0 Å². The van der Waals surface area contributed by atoms with Crippen LogP contribution in [0, 0.1) is 13.8 Å². The largest absolute Gasteiger partial charge is 0.322 e. The lowest BCUT2D eigenvalue weighted by Crippen LogP contribution is -2.14. The van der Waals surface area contributed by atoms with Gasteiger partial charge in [-0.3, -0.25) is 4.79 Å². The van der Waals surface area contributed by atoms with Gasteiger partial charge in [0.25, 0.3) is 5.91 Å². The molecular weight excluding hydrogens is 370 g/mol. The van der Waals surface area contributed by atoms with Crippen molar-refractivity contribution in [2.75, 3.05) is 5.32 Å². The minimum absolute atomic E-state index is 0.0972. The Hall–Kier alpha value is -1.13. The molecule has 0 radical (unpaired) electrons. The standard InChI is InChI=1S/C15H13Br2NO/c1-9-11(5-3-6-12(9)16)15(19)18-14-8-4-7-13(17)10(14)2/h3-8H,1-2H3,(H,18,19). The van der Waals surface area contributed by atoms with Gasteiger partial charge in [0, 0.05) is 20.2 Å². The molecule has 0 aromatic heterocycles. The summed E-state index contributed by atoms with van der Waals surface area (Å²) in [7, 11) is 0. The second-order valence-electron chi connectivity index (χ2n) is 4.28. The monoisotopic (exact) mass is 381 g/mol. The Morgan fingerprint density at radius 3 is 2.21 bits per heavy atom. The number of nitrogens with one attached hydrogen (secondary N) is 1. The summed E-state index contributed by atoms with van der Waals surface area (Å²) in [5, 5.41) is 2.95. The van der Waals surface area contributed by atoms with Crippen molar-refractivity contribution in [2.24, 2.45) is 0 Å². The molecule has 0 unspecified atom stereocenters. The number of amides is 1. The van der Waals surface area contributed by atoms with E-state index in [-0.39, 0.29) is 5.91 Å². The van der Waals surface area contributed by atoms with Crippen molar-refractivity contribution in [1.29, 1.82) is 0 Å². The molecule has 4 heteroatoms. The Labute approximate surface area is 129 Å². The van der Waals surface area contributed by atoms with Gasteiger partial charge in [-0.25, -0.2) is 0 Å². The van der Waals surface area contributed by atoms with Crippen LogP contribution < -0.4 is 5.32 Å². The second kappa shape index (κ2) is 5.88. The zero-order valence-corrected chi connectivity index (χ0v) is 13.8. The lowest BCUT2D eigenvalue weighted by Gasteiger charge is -2.11. The minimum atomic E-state index is -0.0972. The van der Waals surface area contributed by atoms with Crippen molar-refractivity contribution < 1.29 is 4.79 Å². The highest BCUT2D eigenvalue weighted by Crippen LogP contribution is 2.25. The van der Waals surface area contributed by atoms with E-state index >= 15 is 0 Å². The highest BCUT2D eigenvalue weighted by Gasteiger charge is 2.12. The number of halogens is 2. The fourth-order valence-electron chi connectivity index (χ4n) is 1.79. The van der Waals surface area contributed by atoms with Crippen molar-refractivity contribution in [2.45, 2.75) is 13.8 Å². The van der Waals surface area contributed by atoms with E-state index in [1.54, 1.807) is 0 Å². The third kappa shape index (κ3) is 3.07. The molecule has 2 aromatic carbocycles. The van der Waals surface area contributed by atoms with Gasteiger partial charge in [-0.05, 0) is 49.2 Å². The van der Waals surface area contributed by atoms with Gasteiger partial charge in [0.15, 0.2) is 0 Å². The maximum Gasteiger partial charge on any atom is 0.255 e. The van der Waals surface area contributed by atoms with Gasteiger partial charge in [-0.15, -0.1) is 0 Å². The van der Waals surface area contributed by atoms with E-state index in [9.17, 15) is 4.79 Å². The zero-order valence-electron chi connectivity index (χ0n) is 10.6. The second-order valence-corrected chi connectivity index (χ2v) is 5.99. The maximum atomic E-state index is 12.3. The molecule has 0 saturated heterocycles. The van der Waals surface area contributed by atoms with Gasteiger partial charge >= 0.3 is 0 Å². The normalized spacial score (nSPS) is 10.3. The third-order valence-corrected chi connectivity index (χ3v) is 4.75. The summed E-state index contributed by atoms with van der Waals surface area (Å²) in [4.78, 5) is 12.3. The first-order valence-electron chi connectivity index (χ1n) is 5.82. The lowest BCUT2D eigenvalue weighted by molar-refractivity contribution is 0.102. The number of carbonyl (C=O) groups excluding carboxylic acids is 1. The van der Waals surface area contributed by atoms with Crippen molar-refractivity contribution >= 4 is 43.5 Å². The molecule has 0 aliphatic carbocycles. The number of rotatable bonds is 2. The van der Waals surface area contributed by atoms with Crippen molar-refractivity contribution in [1.82, 2.24) is 0 Å². The SMILES string of the molecule is Cc1c(Br)cccc1NC(=O)c1cccc(Br)c1C. The topological polar surface area (TPSA) is 29.1 Å². The molecule has 2 rings (SSSR count). The van der Waals surface area contributed by atoms with Crippen LogP contribution in [0.15, 0.2) is 45.3 Å². The fourth-order valence-corrected chi connectivity index (χ4v) is 2.52. The summed E-state index contributed by atoms with van der Waals surface area (Å²) in [6, 6.07) is 11.4. The third-order valence-electron chi connectivity index (χ3n) is 3.03. The maximum absolute atomic E-state index is 12.3. The molecule has 0 spiro atoms. The van der Waals surface area contributed by atoms with Crippen LogP contribution in [0.2, 0.25) is 0 Å². The summed E-state index contributed by atoms with van der Waals surface area (Å²) >= 11 is 6.90. The Kier molecular flexibility index (Phi) is 4.42. The fraction of sp³-hybridized carbons (Fsp3) is 0.133. The quantitative estimate of drug-likeness (QED) is 0.770. The van der Waals surface area contributed by atoms with Crippen molar-refractivity contribution in [3.63, 3.8) is 0 Å². The van der Waals surface area contributed by atoms with Crippen molar-refractivity contribution in [3.05, 3.63) is 62.0 Å². The Morgan fingerprint density at radius 1 is 0.947 bits per heavy atom. The molecule has 19 heavy (non-hydrogen) atoms. The summed E-state index contributed by atoms with van der Waals surface area (Å²) < 4.78 is 1.92. The van der Waals surface area contributed by atoms with E-state index in [0.717, 1.165) is 25.8 Å². The molecule has 0 heterocycles. The Balaban J connectivity index is 2.31. The first-order valence-corrected chi connectivity index (χ1v) is 7.41. The van der Waals surface area contributed by atoms with E-state index < -0.39 is 0 Å². The molecule has 98 valence electrons. The molecule has 0 aliphatic heterocycles. The number of benzene rings is 2. The number of hydrogen-bond acceptors (Lipinski definition) is 1. The van der Waals surface area contributed by atoms with Gasteiger partial charge in [0.2, 0.25) is 0 Å². The molecular formula is C15H13Br2NO. The van der Waals surface area contributed by atoms with E-state index in [1.807, 2.05) is 50.2 Å². The van der Waals surface area contributed by atoms with Crippen LogP contribution in [-0.4, -0.2) is 5.91 Å². The average molecular weight is 383 g/mol. The minimum Gasteiger partial charge on any atom is -0.322 e. The summed E-state index contributed by atoms with van der Waals surface area (Å²) in [6.45, 7) is 3.89. The summed E-state index contributed by atoms with van der Waals surface area (Å²) in [6.07, 6.45) is 0. The van der Waals surface area contributed by atoms with Gasteiger partial charge in [-0.2, -0.15) is 0 Å². The van der Waals surface area contributed by atoms with E-state index in [1.165, 1.54) is 0 Å². The van der Waals surface area contributed by atoms with E-state index in [2.05, 4.69) is 37.2 Å². The number of carbonyl (C=O) groups is 1. The smallest absolute Gasteiger partial charge is 0.255 e. The molecule has 1 N–H and O–H groups in total. The molecule has 1 amide bonds. The van der Waals surface area contributed by atoms with Gasteiger partial charge in [-0.1, -0.05) is 44.0 Å². The predicted molar refractivity (Wildman–Crippen MR) is 85.7 cm³/mol. The Morgan fingerprint density at radius 2 is 1.53 bits per heavy atom. The number of hydrogen-bond donors (Lipinski definition) is 1. The van der Waals surface area contributed by atoms with Gasteiger partial charge in [0.1, 0.15) is 0 Å².